The predicted octanol–water partition coefficient (Wildman–Crippen LogP) is 4.73. The van der Waals surface area contributed by atoms with Crippen molar-refractivity contribution >= 4 is 10.9 Å². The lowest BCUT2D eigenvalue weighted by Crippen LogP contribution is -2.32. The Hall–Kier alpha value is -3.32. The Morgan fingerprint density at radius 3 is 2.41 bits per heavy atom. The number of tetrazole rings is 1. The van der Waals surface area contributed by atoms with Crippen LogP contribution in [0.25, 0.3) is 10.9 Å². The molecule has 0 saturated heterocycles. The van der Waals surface area contributed by atoms with Crippen LogP contribution in [-0.4, -0.2) is 30.1 Å². The van der Waals surface area contributed by atoms with Crippen LogP contribution in [0.2, 0.25) is 0 Å². The Bertz CT molecular complexity index is 1320. The number of rotatable bonds is 9. The molecule has 0 unspecified atom stereocenters. The second kappa shape index (κ2) is 9.89. The van der Waals surface area contributed by atoms with E-state index in [4.69, 9.17) is 0 Å². The molecule has 4 rings (SSSR count). The van der Waals surface area contributed by atoms with Crippen molar-refractivity contribution in [2.75, 3.05) is 0 Å². The first-order valence-corrected chi connectivity index (χ1v) is 12.0. The maximum Gasteiger partial charge on any atom is 0.252 e. The Morgan fingerprint density at radius 1 is 0.971 bits per heavy atom. The average molecular weight is 459 g/mol. The van der Waals surface area contributed by atoms with Crippen molar-refractivity contribution in [1.29, 1.82) is 0 Å². The second-order valence-electron chi connectivity index (χ2n) is 9.70. The van der Waals surface area contributed by atoms with Gasteiger partial charge in [-0.15, -0.1) is 5.10 Å². The normalized spacial score (nSPS) is 12.1. The minimum Gasteiger partial charge on any atom is -0.322 e. The van der Waals surface area contributed by atoms with Crippen LogP contribution in [0.4, 0.5) is 0 Å². The molecular weight excluding hydrogens is 424 g/mol. The van der Waals surface area contributed by atoms with E-state index in [0.717, 1.165) is 35.1 Å². The van der Waals surface area contributed by atoms with Crippen LogP contribution in [0.1, 0.15) is 62.2 Å². The zero-order valence-electron chi connectivity index (χ0n) is 20.8. The number of H-pyrrole nitrogens is 1. The van der Waals surface area contributed by atoms with Gasteiger partial charge in [-0.25, -0.2) is 4.68 Å². The van der Waals surface area contributed by atoms with Gasteiger partial charge in [0, 0.05) is 24.2 Å². The van der Waals surface area contributed by atoms with E-state index in [1.165, 1.54) is 16.7 Å². The summed E-state index contributed by atoms with van der Waals surface area (Å²) in [5, 5.41) is 13.6. The fourth-order valence-electron chi connectivity index (χ4n) is 4.12. The van der Waals surface area contributed by atoms with Crippen LogP contribution in [0.5, 0.6) is 0 Å². The lowest BCUT2D eigenvalue weighted by Gasteiger charge is -2.27. The van der Waals surface area contributed by atoms with Crippen molar-refractivity contribution in [2.24, 2.45) is 0 Å². The SMILES string of the molecule is CCc1ccc2[nH]c(=O)c(CN(Cc3ccc(C)cc3)Cc3nnnn3C(C)(C)CC)cc2c1. The molecule has 0 aliphatic rings. The Morgan fingerprint density at radius 2 is 1.71 bits per heavy atom. The first kappa shape index (κ1) is 23.8. The third-order valence-electron chi connectivity index (χ3n) is 6.65. The van der Waals surface area contributed by atoms with E-state index in [1.54, 1.807) is 0 Å². The van der Waals surface area contributed by atoms with Gasteiger partial charge in [0.2, 0.25) is 0 Å². The summed E-state index contributed by atoms with van der Waals surface area (Å²) in [5.41, 5.74) is 5.02. The molecule has 0 aliphatic heterocycles. The van der Waals surface area contributed by atoms with Gasteiger partial charge in [-0.3, -0.25) is 9.69 Å². The van der Waals surface area contributed by atoms with Crippen LogP contribution in [0.3, 0.4) is 0 Å². The van der Waals surface area contributed by atoms with Gasteiger partial charge in [0.05, 0.1) is 12.1 Å². The van der Waals surface area contributed by atoms with E-state index in [-0.39, 0.29) is 11.1 Å². The van der Waals surface area contributed by atoms with E-state index in [0.29, 0.717) is 19.6 Å². The number of aromatic amines is 1. The lowest BCUT2D eigenvalue weighted by molar-refractivity contribution is 0.217. The highest BCUT2D eigenvalue weighted by atomic mass is 16.1. The van der Waals surface area contributed by atoms with Crippen LogP contribution < -0.4 is 5.56 Å². The topological polar surface area (TPSA) is 79.7 Å². The minimum atomic E-state index is -0.189. The summed E-state index contributed by atoms with van der Waals surface area (Å²) in [5.74, 6) is 0.796. The molecule has 0 spiro atoms. The van der Waals surface area contributed by atoms with Crippen LogP contribution in [-0.2, 0) is 31.6 Å². The monoisotopic (exact) mass is 458 g/mol. The third kappa shape index (κ3) is 5.25. The second-order valence-corrected chi connectivity index (χ2v) is 9.70. The number of nitrogens with one attached hydrogen (secondary N) is 1. The first-order valence-electron chi connectivity index (χ1n) is 12.0. The zero-order chi connectivity index (χ0) is 24.3. The van der Waals surface area contributed by atoms with Crippen LogP contribution in [0.15, 0.2) is 53.3 Å². The Labute approximate surface area is 200 Å². The number of hydrogen-bond donors (Lipinski definition) is 1. The number of nitrogens with zero attached hydrogens (tertiary/aromatic N) is 5. The highest BCUT2D eigenvalue weighted by molar-refractivity contribution is 5.79. The smallest absolute Gasteiger partial charge is 0.252 e. The number of pyridine rings is 1. The molecule has 7 nitrogen and oxygen atoms in total. The molecular formula is C27H34N6O. The molecule has 0 amide bonds. The molecule has 0 atom stereocenters. The van der Waals surface area contributed by atoms with Crippen molar-refractivity contribution in [2.45, 2.75) is 72.6 Å². The quantitative estimate of drug-likeness (QED) is 0.392. The molecule has 2 aromatic carbocycles. The van der Waals surface area contributed by atoms with E-state index < -0.39 is 0 Å². The summed E-state index contributed by atoms with van der Waals surface area (Å²) in [6, 6.07) is 16.7. The average Bonchev–Trinajstić information content (AvgIpc) is 3.30. The van der Waals surface area contributed by atoms with Gasteiger partial charge >= 0.3 is 0 Å². The van der Waals surface area contributed by atoms with Gasteiger partial charge in [0.1, 0.15) is 0 Å². The number of hydrogen-bond acceptors (Lipinski definition) is 5. The number of aromatic nitrogens is 5. The molecule has 178 valence electrons. The predicted molar refractivity (Wildman–Crippen MR) is 136 cm³/mol. The van der Waals surface area contributed by atoms with Crippen molar-refractivity contribution in [1.82, 2.24) is 30.1 Å². The number of aryl methyl sites for hydroxylation is 2. The molecule has 2 aromatic heterocycles. The summed E-state index contributed by atoms with van der Waals surface area (Å²) in [6.45, 7) is 12.3. The number of benzene rings is 2. The maximum atomic E-state index is 13.0. The van der Waals surface area contributed by atoms with Gasteiger partial charge < -0.3 is 4.98 Å². The molecule has 0 radical (unpaired) electrons. The van der Waals surface area contributed by atoms with Gasteiger partial charge in [-0.1, -0.05) is 49.7 Å². The van der Waals surface area contributed by atoms with E-state index >= 15 is 0 Å². The van der Waals surface area contributed by atoms with Crippen LogP contribution in [0, 0.1) is 6.92 Å². The van der Waals surface area contributed by atoms with E-state index in [9.17, 15) is 4.79 Å². The number of fused-ring (bicyclic) bond motifs is 1. The Balaban J connectivity index is 1.69. The minimum absolute atomic E-state index is 0.0564. The summed E-state index contributed by atoms with van der Waals surface area (Å²) in [4.78, 5) is 18.3. The van der Waals surface area contributed by atoms with Crippen molar-refractivity contribution in [3.63, 3.8) is 0 Å². The van der Waals surface area contributed by atoms with Gasteiger partial charge in [0.25, 0.3) is 5.56 Å². The fourth-order valence-corrected chi connectivity index (χ4v) is 4.12. The summed E-state index contributed by atoms with van der Waals surface area (Å²) in [6.07, 6.45) is 1.87. The standard InChI is InChI=1S/C27H34N6O/c1-6-20-12-13-24-22(14-20)15-23(26(34)28-24)17-32(16-21-10-8-19(3)9-11-21)18-25-29-30-31-33(25)27(4,5)7-2/h8-15H,6-7,16-18H2,1-5H3,(H,28,34). The Kier molecular flexibility index (Phi) is 6.93. The fraction of sp³-hybridized carbons (Fsp3) is 0.407. The van der Waals surface area contributed by atoms with Crippen molar-refractivity contribution in [3.05, 3.63) is 87.0 Å². The molecule has 0 saturated carbocycles. The summed E-state index contributed by atoms with van der Waals surface area (Å²) >= 11 is 0. The largest absolute Gasteiger partial charge is 0.322 e. The molecule has 0 fully saturated rings. The van der Waals surface area contributed by atoms with E-state index in [2.05, 4.69) is 96.4 Å². The van der Waals surface area contributed by atoms with Crippen molar-refractivity contribution < 1.29 is 0 Å². The molecule has 4 aromatic rings. The molecule has 34 heavy (non-hydrogen) atoms. The summed E-state index contributed by atoms with van der Waals surface area (Å²) in [7, 11) is 0. The molecule has 7 heteroatoms. The molecule has 2 heterocycles. The molecule has 0 bridgehead atoms. The lowest BCUT2D eigenvalue weighted by atomic mass is 10.0. The van der Waals surface area contributed by atoms with Gasteiger partial charge in [-0.05, 0) is 78.8 Å². The molecule has 1 N–H and O–H groups in total. The first-order chi connectivity index (χ1) is 16.3. The van der Waals surface area contributed by atoms with Gasteiger partial charge in [-0.2, -0.15) is 0 Å². The van der Waals surface area contributed by atoms with Crippen molar-refractivity contribution in [3.8, 4) is 0 Å². The summed E-state index contributed by atoms with van der Waals surface area (Å²) < 4.78 is 1.91. The third-order valence-corrected chi connectivity index (χ3v) is 6.65. The highest BCUT2D eigenvalue weighted by Crippen LogP contribution is 2.21. The maximum absolute atomic E-state index is 13.0. The van der Waals surface area contributed by atoms with Crippen LogP contribution >= 0.6 is 0 Å². The molecule has 0 aliphatic carbocycles. The zero-order valence-corrected chi connectivity index (χ0v) is 20.8. The van der Waals surface area contributed by atoms with E-state index in [1.807, 2.05) is 16.8 Å². The highest BCUT2D eigenvalue weighted by Gasteiger charge is 2.25. The van der Waals surface area contributed by atoms with Gasteiger partial charge in [0.15, 0.2) is 5.82 Å².